The first-order chi connectivity index (χ1) is 13.9. The second-order valence-electron chi connectivity index (χ2n) is 6.88. The molecular formula is C17H27N3O5S4. The first kappa shape index (κ1) is 24.7. The molecule has 3 amide bonds. The summed E-state index contributed by atoms with van der Waals surface area (Å²) in [5.74, 6) is 1.61. The third kappa shape index (κ3) is 9.41. The van der Waals surface area contributed by atoms with E-state index in [-0.39, 0.29) is 30.7 Å². The van der Waals surface area contributed by atoms with Crippen LogP contribution in [-0.2, 0) is 24.0 Å². The summed E-state index contributed by atoms with van der Waals surface area (Å²) in [5, 5.41) is 3.48. The molecule has 0 saturated carbocycles. The molecule has 0 spiro atoms. The Morgan fingerprint density at radius 3 is 2.34 bits per heavy atom. The molecule has 12 heteroatoms. The van der Waals surface area contributed by atoms with E-state index in [4.69, 9.17) is 10.6 Å². The third-order valence-electron chi connectivity index (χ3n) is 4.28. The summed E-state index contributed by atoms with van der Waals surface area (Å²) < 4.78 is 0. The molecule has 0 atom stereocenters. The zero-order valence-electron chi connectivity index (χ0n) is 16.2. The van der Waals surface area contributed by atoms with Crippen molar-refractivity contribution in [2.24, 2.45) is 5.73 Å². The van der Waals surface area contributed by atoms with Crippen LogP contribution in [0.25, 0.3) is 0 Å². The number of hydrogen-bond donors (Lipinski definition) is 2. The predicted molar refractivity (Wildman–Crippen MR) is 120 cm³/mol. The fourth-order valence-electron chi connectivity index (χ4n) is 2.60. The van der Waals surface area contributed by atoms with Gasteiger partial charge in [0.1, 0.15) is 0 Å². The largest absolute Gasteiger partial charge is 0.356 e. The van der Waals surface area contributed by atoms with Crippen molar-refractivity contribution >= 4 is 66.9 Å². The number of nitrogens with two attached hydrogens (primary N) is 1. The topological polar surface area (TPSA) is 119 Å². The van der Waals surface area contributed by atoms with Crippen LogP contribution in [0, 0.1) is 0 Å². The molecule has 2 saturated heterocycles. The highest BCUT2D eigenvalue weighted by molar-refractivity contribution is 8.77. The van der Waals surface area contributed by atoms with Gasteiger partial charge in [-0.1, -0.05) is 43.2 Å². The van der Waals surface area contributed by atoms with E-state index in [0.29, 0.717) is 29.5 Å². The van der Waals surface area contributed by atoms with E-state index in [1.807, 2.05) is 21.6 Å². The number of carbonyl (C=O) groups is 4. The van der Waals surface area contributed by atoms with Gasteiger partial charge in [-0.15, -0.1) is 5.06 Å². The minimum atomic E-state index is -0.603. The fourth-order valence-corrected chi connectivity index (χ4v) is 7.73. The molecule has 0 aromatic rings. The zero-order valence-corrected chi connectivity index (χ0v) is 19.5. The minimum absolute atomic E-state index is 0.0259. The van der Waals surface area contributed by atoms with Gasteiger partial charge in [-0.2, -0.15) is 0 Å². The van der Waals surface area contributed by atoms with Crippen molar-refractivity contribution in [1.82, 2.24) is 10.4 Å². The summed E-state index contributed by atoms with van der Waals surface area (Å²) in [5.41, 5.74) is 6.24. The van der Waals surface area contributed by atoms with Crippen LogP contribution < -0.4 is 11.1 Å². The second-order valence-corrected chi connectivity index (χ2v) is 12.0. The lowest BCUT2D eigenvalue weighted by Gasteiger charge is -2.21. The van der Waals surface area contributed by atoms with Crippen LogP contribution in [-0.4, -0.2) is 63.8 Å². The Morgan fingerprint density at radius 2 is 1.69 bits per heavy atom. The van der Waals surface area contributed by atoms with Crippen molar-refractivity contribution in [3.63, 3.8) is 0 Å². The number of nitrogens with one attached hydrogen (secondary N) is 1. The minimum Gasteiger partial charge on any atom is -0.356 e. The van der Waals surface area contributed by atoms with Gasteiger partial charge in [0.25, 0.3) is 11.8 Å². The fraction of sp³-hybridized carbons (Fsp3) is 0.765. The van der Waals surface area contributed by atoms with E-state index in [1.165, 1.54) is 21.6 Å². The van der Waals surface area contributed by atoms with E-state index in [1.54, 1.807) is 0 Å². The van der Waals surface area contributed by atoms with Crippen LogP contribution in [0.3, 0.4) is 0 Å². The number of unbranched alkanes of at least 4 members (excludes halogenated alkanes) is 1. The van der Waals surface area contributed by atoms with Crippen LogP contribution in [0.2, 0.25) is 0 Å². The van der Waals surface area contributed by atoms with E-state index >= 15 is 0 Å². The first-order valence-corrected chi connectivity index (χ1v) is 14.5. The van der Waals surface area contributed by atoms with Crippen LogP contribution in [0.4, 0.5) is 0 Å². The van der Waals surface area contributed by atoms with Crippen molar-refractivity contribution < 1.29 is 24.0 Å². The molecule has 0 unspecified atom stereocenters. The number of nitrogens with zero attached hydrogens (tertiary/aromatic N) is 1. The lowest BCUT2D eigenvalue weighted by atomic mass is 9.98. The van der Waals surface area contributed by atoms with E-state index in [0.717, 1.165) is 30.8 Å². The van der Waals surface area contributed by atoms with Crippen molar-refractivity contribution in [3.8, 4) is 0 Å². The molecule has 2 aliphatic heterocycles. The number of rotatable bonds is 13. The lowest BCUT2D eigenvalue weighted by molar-refractivity contribution is -0.197. The number of hydroxylamine groups is 2. The van der Waals surface area contributed by atoms with E-state index in [2.05, 4.69) is 5.32 Å². The number of carbonyl (C=O) groups excluding carboxylic acids is 4. The highest BCUT2D eigenvalue weighted by atomic mass is 33.1. The second kappa shape index (κ2) is 13.0. The summed E-state index contributed by atoms with van der Waals surface area (Å²) in [6.07, 6.45) is 3.65. The Morgan fingerprint density at radius 1 is 1.07 bits per heavy atom. The molecule has 0 aromatic heterocycles. The van der Waals surface area contributed by atoms with Crippen molar-refractivity contribution in [3.05, 3.63) is 0 Å². The molecule has 2 rings (SSSR count). The van der Waals surface area contributed by atoms with Crippen LogP contribution >= 0.6 is 43.2 Å². The molecule has 2 fully saturated rings. The van der Waals surface area contributed by atoms with Gasteiger partial charge in [-0.05, 0) is 19.3 Å². The van der Waals surface area contributed by atoms with Gasteiger partial charge in [0.15, 0.2) is 0 Å². The summed E-state index contributed by atoms with van der Waals surface area (Å²) in [6, 6.07) is 0. The van der Waals surface area contributed by atoms with E-state index in [9.17, 15) is 19.2 Å². The highest BCUT2D eigenvalue weighted by Crippen LogP contribution is 2.38. The number of amides is 3. The quantitative estimate of drug-likeness (QED) is 0.230. The highest BCUT2D eigenvalue weighted by Gasteiger charge is 2.32. The van der Waals surface area contributed by atoms with Gasteiger partial charge < -0.3 is 15.9 Å². The third-order valence-corrected chi connectivity index (χ3v) is 9.45. The maximum absolute atomic E-state index is 11.8. The molecule has 2 heterocycles. The maximum Gasteiger partial charge on any atom is 0.334 e. The molecule has 0 aliphatic carbocycles. The monoisotopic (exact) mass is 481 g/mol. The average Bonchev–Trinajstić information content (AvgIpc) is 3.25. The standard InChI is InChI=1S/C17H27N3O5S4/c18-17(11-28-29-12-17)7-1-2-8-19-13(21)5-9-26-27-10-6-16(24)25-20-14(22)3-4-15(20)23/h1-12,18H2,(H,19,21). The summed E-state index contributed by atoms with van der Waals surface area (Å²) in [6.45, 7) is 0.673. The molecule has 2 aliphatic rings. The molecule has 8 nitrogen and oxygen atoms in total. The number of hydrogen-bond acceptors (Lipinski definition) is 10. The van der Waals surface area contributed by atoms with Crippen LogP contribution in [0.1, 0.15) is 44.9 Å². The molecular weight excluding hydrogens is 454 g/mol. The molecule has 0 bridgehead atoms. The van der Waals surface area contributed by atoms with Gasteiger partial charge >= 0.3 is 5.97 Å². The van der Waals surface area contributed by atoms with Crippen molar-refractivity contribution in [1.29, 1.82) is 0 Å². The van der Waals surface area contributed by atoms with Crippen LogP contribution in [0.5, 0.6) is 0 Å². The normalized spacial score (nSPS) is 18.3. The summed E-state index contributed by atoms with van der Waals surface area (Å²) in [7, 11) is 6.64. The van der Waals surface area contributed by atoms with Gasteiger partial charge in [-0.25, -0.2) is 4.79 Å². The van der Waals surface area contributed by atoms with Crippen LogP contribution in [0.15, 0.2) is 0 Å². The van der Waals surface area contributed by atoms with Gasteiger partial charge in [0.05, 0.1) is 6.42 Å². The first-order valence-electron chi connectivity index (χ1n) is 9.51. The lowest BCUT2D eigenvalue weighted by Crippen LogP contribution is -2.42. The maximum atomic E-state index is 11.8. The molecule has 0 aromatic carbocycles. The van der Waals surface area contributed by atoms with Gasteiger partial charge in [0.2, 0.25) is 5.91 Å². The van der Waals surface area contributed by atoms with Crippen molar-refractivity contribution in [2.75, 3.05) is 29.6 Å². The van der Waals surface area contributed by atoms with Gasteiger partial charge in [0, 0.05) is 54.4 Å². The SMILES string of the molecule is NC1(CCCCNC(=O)CCSSCCC(=O)ON2C(=O)CCC2=O)CSSC1. The Hall–Kier alpha value is -0.560. The van der Waals surface area contributed by atoms with Crippen molar-refractivity contribution in [2.45, 2.75) is 50.5 Å². The van der Waals surface area contributed by atoms with E-state index < -0.39 is 17.8 Å². The zero-order chi connectivity index (χ0) is 21.1. The average molecular weight is 482 g/mol. The molecule has 0 radical (unpaired) electrons. The Kier molecular flexibility index (Phi) is 11.1. The molecule has 164 valence electrons. The predicted octanol–water partition coefficient (Wildman–Crippen LogP) is 2.13. The Bertz CT molecular complexity index is 586. The Labute approximate surface area is 186 Å². The number of imide groups is 1. The molecule has 3 N–H and O–H groups in total. The smallest absolute Gasteiger partial charge is 0.334 e. The summed E-state index contributed by atoms with van der Waals surface area (Å²) >= 11 is 0. The van der Waals surface area contributed by atoms with Gasteiger partial charge in [-0.3, -0.25) is 14.4 Å². The Balaban J connectivity index is 1.40. The molecule has 29 heavy (non-hydrogen) atoms. The summed E-state index contributed by atoms with van der Waals surface area (Å²) in [4.78, 5) is 51.0.